The van der Waals surface area contributed by atoms with Gasteiger partial charge in [0.1, 0.15) is 0 Å². The van der Waals surface area contributed by atoms with Crippen LogP contribution in [0.3, 0.4) is 0 Å². The number of nitrogens with one attached hydrogen (secondary N) is 1. The fourth-order valence-corrected chi connectivity index (χ4v) is 2.50. The van der Waals surface area contributed by atoms with Crippen molar-refractivity contribution in [3.63, 3.8) is 0 Å². The van der Waals surface area contributed by atoms with Crippen molar-refractivity contribution in [2.45, 2.75) is 66.6 Å². The smallest absolute Gasteiger partial charge is 0.241 e. The standard InChI is InChI=1S/C15H30N2O/c1-7-12(6)13-15(18)17(9-8-10(2)3)14(16-13)11(4)5/h10-14,16H,7-9H2,1-6H3. The maximum Gasteiger partial charge on any atom is 0.241 e. The molecule has 1 saturated heterocycles. The number of carbonyl (C=O) groups is 1. The summed E-state index contributed by atoms with van der Waals surface area (Å²) in [6.45, 7) is 14.0. The average molecular weight is 254 g/mol. The molecule has 0 radical (unpaired) electrons. The van der Waals surface area contributed by atoms with Crippen LogP contribution in [0.4, 0.5) is 0 Å². The van der Waals surface area contributed by atoms with Gasteiger partial charge in [-0.2, -0.15) is 0 Å². The van der Waals surface area contributed by atoms with Gasteiger partial charge in [-0.05, 0) is 24.2 Å². The van der Waals surface area contributed by atoms with Crippen LogP contribution in [0, 0.1) is 17.8 Å². The van der Waals surface area contributed by atoms with E-state index in [2.05, 4.69) is 51.8 Å². The number of carbonyl (C=O) groups excluding carboxylic acids is 1. The highest BCUT2D eigenvalue weighted by Gasteiger charge is 2.41. The summed E-state index contributed by atoms with van der Waals surface area (Å²) in [5, 5.41) is 3.54. The Bertz CT molecular complexity index is 276. The second-order valence-electron chi connectivity index (χ2n) is 6.43. The monoisotopic (exact) mass is 254 g/mol. The molecule has 1 N–H and O–H groups in total. The second-order valence-corrected chi connectivity index (χ2v) is 6.43. The van der Waals surface area contributed by atoms with E-state index >= 15 is 0 Å². The fraction of sp³-hybridized carbons (Fsp3) is 0.933. The van der Waals surface area contributed by atoms with E-state index < -0.39 is 0 Å². The first-order chi connectivity index (χ1) is 8.38. The fourth-order valence-electron chi connectivity index (χ4n) is 2.50. The number of hydrogen-bond acceptors (Lipinski definition) is 2. The molecule has 0 aromatic rings. The minimum absolute atomic E-state index is 0.0227. The van der Waals surface area contributed by atoms with Crippen LogP contribution in [0.1, 0.15) is 54.4 Å². The topological polar surface area (TPSA) is 32.3 Å². The maximum atomic E-state index is 12.5. The molecule has 1 amide bonds. The predicted octanol–water partition coefficient (Wildman–Crippen LogP) is 2.86. The van der Waals surface area contributed by atoms with Crippen LogP contribution in [0.2, 0.25) is 0 Å². The number of hydrogen-bond donors (Lipinski definition) is 1. The summed E-state index contributed by atoms with van der Waals surface area (Å²) in [6, 6.07) is 0.0227. The molecule has 0 aromatic carbocycles. The predicted molar refractivity (Wildman–Crippen MR) is 76.2 cm³/mol. The first-order valence-corrected chi connectivity index (χ1v) is 7.45. The zero-order valence-corrected chi connectivity index (χ0v) is 12.9. The molecule has 3 atom stereocenters. The molecule has 1 rings (SSSR count). The molecule has 0 saturated carbocycles. The van der Waals surface area contributed by atoms with Gasteiger partial charge in [0.2, 0.25) is 5.91 Å². The van der Waals surface area contributed by atoms with E-state index in [9.17, 15) is 4.79 Å². The lowest BCUT2D eigenvalue weighted by Gasteiger charge is -2.27. The molecular weight excluding hydrogens is 224 g/mol. The van der Waals surface area contributed by atoms with Gasteiger partial charge < -0.3 is 4.90 Å². The molecule has 0 aliphatic carbocycles. The molecule has 18 heavy (non-hydrogen) atoms. The van der Waals surface area contributed by atoms with Crippen LogP contribution < -0.4 is 5.32 Å². The first kappa shape index (κ1) is 15.5. The van der Waals surface area contributed by atoms with Gasteiger partial charge in [0, 0.05) is 6.54 Å². The summed E-state index contributed by atoms with van der Waals surface area (Å²) in [7, 11) is 0. The lowest BCUT2D eigenvalue weighted by molar-refractivity contribution is -0.131. The normalized spacial score (nSPS) is 26.4. The minimum Gasteiger partial charge on any atom is -0.326 e. The third-order valence-corrected chi connectivity index (χ3v) is 4.03. The molecule has 0 spiro atoms. The average Bonchev–Trinajstić information content (AvgIpc) is 2.63. The lowest BCUT2D eigenvalue weighted by atomic mass is 9.99. The first-order valence-electron chi connectivity index (χ1n) is 7.45. The van der Waals surface area contributed by atoms with E-state index in [4.69, 9.17) is 0 Å². The van der Waals surface area contributed by atoms with Crippen molar-refractivity contribution in [3.8, 4) is 0 Å². The minimum atomic E-state index is 0.0227. The Kier molecular flexibility index (Phi) is 5.64. The molecule has 106 valence electrons. The highest BCUT2D eigenvalue weighted by Crippen LogP contribution is 2.24. The van der Waals surface area contributed by atoms with Crippen LogP contribution in [0.15, 0.2) is 0 Å². The largest absolute Gasteiger partial charge is 0.326 e. The number of amides is 1. The van der Waals surface area contributed by atoms with E-state index in [0.717, 1.165) is 19.4 Å². The van der Waals surface area contributed by atoms with Crippen molar-refractivity contribution in [2.24, 2.45) is 17.8 Å². The molecule has 1 fully saturated rings. The zero-order valence-electron chi connectivity index (χ0n) is 12.9. The van der Waals surface area contributed by atoms with Gasteiger partial charge in [-0.25, -0.2) is 0 Å². The van der Waals surface area contributed by atoms with Gasteiger partial charge in [-0.1, -0.05) is 48.0 Å². The second kappa shape index (κ2) is 6.55. The van der Waals surface area contributed by atoms with E-state index in [0.29, 0.717) is 23.7 Å². The lowest BCUT2D eigenvalue weighted by Crippen LogP contribution is -2.42. The van der Waals surface area contributed by atoms with Crippen LogP contribution in [-0.2, 0) is 4.79 Å². The van der Waals surface area contributed by atoms with Gasteiger partial charge in [0.15, 0.2) is 0 Å². The molecule has 1 heterocycles. The summed E-state index contributed by atoms with van der Waals surface area (Å²) < 4.78 is 0. The molecule has 3 nitrogen and oxygen atoms in total. The van der Waals surface area contributed by atoms with Gasteiger partial charge in [-0.3, -0.25) is 10.1 Å². The van der Waals surface area contributed by atoms with Crippen LogP contribution >= 0.6 is 0 Å². The van der Waals surface area contributed by atoms with Gasteiger partial charge in [0.25, 0.3) is 0 Å². The zero-order chi connectivity index (χ0) is 13.9. The Balaban J connectivity index is 2.74. The molecule has 1 aliphatic heterocycles. The van der Waals surface area contributed by atoms with Gasteiger partial charge in [0.05, 0.1) is 12.2 Å². The Morgan fingerprint density at radius 2 is 1.83 bits per heavy atom. The third kappa shape index (κ3) is 3.47. The Hall–Kier alpha value is -0.570. The summed E-state index contributed by atoms with van der Waals surface area (Å²) in [4.78, 5) is 14.6. The van der Waals surface area contributed by atoms with Gasteiger partial charge in [-0.15, -0.1) is 0 Å². The third-order valence-electron chi connectivity index (χ3n) is 4.03. The summed E-state index contributed by atoms with van der Waals surface area (Å²) in [6.07, 6.45) is 2.35. The van der Waals surface area contributed by atoms with Crippen molar-refractivity contribution in [1.82, 2.24) is 10.2 Å². The van der Waals surface area contributed by atoms with E-state index in [1.807, 2.05) is 0 Å². The van der Waals surface area contributed by atoms with Crippen LogP contribution in [0.25, 0.3) is 0 Å². The van der Waals surface area contributed by atoms with Crippen molar-refractivity contribution in [3.05, 3.63) is 0 Å². The number of nitrogens with zero attached hydrogens (tertiary/aromatic N) is 1. The van der Waals surface area contributed by atoms with E-state index in [1.165, 1.54) is 0 Å². The Labute approximate surface area is 112 Å². The van der Waals surface area contributed by atoms with E-state index in [-0.39, 0.29) is 12.2 Å². The Morgan fingerprint density at radius 1 is 1.22 bits per heavy atom. The van der Waals surface area contributed by atoms with E-state index in [1.54, 1.807) is 0 Å². The molecular formula is C15H30N2O. The molecule has 0 aromatic heterocycles. The van der Waals surface area contributed by atoms with Crippen molar-refractivity contribution in [2.75, 3.05) is 6.54 Å². The molecule has 0 bridgehead atoms. The highest BCUT2D eigenvalue weighted by molar-refractivity contribution is 5.84. The Morgan fingerprint density at radius 3 is 2.28 bits per heavy atom. The number of rotatable bonds is 6. The van der Waals surface area contributed by atoms with Gasteiger partial charge >= 0.3 is 0 Å². The van der Waals surface area contributed by atoms with Crippen molar-refractivity contribution < 1.29 is 4.79 Å². The quantitative estimate of drug-likeness (QED) is 0.790. The maximum absolute atomic E-state index is 12.5. The molecule has 3 heteroatoms. The van der Waals surface area contributed by atoms with Crippen LogP contribution in [0.5, 0.6) is 0 Å². The summed E-state index contributed by atoms with van der Waals surface area (Å²) >= 11 is 0. The summed E-state index contributed by atoms with van der Waals surface area (Å²) in [5.41, 5.74) is 0. The highest BCUT2D eigenvalue weighted by atomic mass is 16.2. The molecule has 3 unspecified atom stereocenters. The summed E-state index contributed by atoms with van der Waals surface area (Å²) in [5.74, 6) is 1.84. The van der Waals surface area contributed by atoms with Crippen LogP contribution in [-0.4, -0.2) is 29.6 Å². The SMILES string of the molecule is CCC(C)C1NC(C(C)C)N(CCC(C)C)C1=O. The van der Waals surface area contributed by atoms with Crippen molar-refractivity contribution >= 4 is 5.91 Å². The van der Waals surface area contributed by atoms with Crippen molar-refractivity contribution in [1.29, 1.82) is 0 Å². The molecule has 1 aliphatic rings.